The maximum absolute atomic E-state index is 12.3. The molecule has 10 heteroatoms. The largest absolute Gasteiger partial charge is 0.414 e. The topological polar surface area (TPSA) is 125 Å². The zero-order valence-electron chi connectivity index (χ0n) is 17.2. The highest BCUT2D eigenvalue weighted by atomic mass is 32.2. The number of thiophene rings is 1. The van der Waals surface area contributed by atoms with Gasteiger partial charge >= 0.3 is 0 Å². The molecule has 0 amide bonds. The molecule has 3 heterocycles. The van der Waals surface area contributed by atoms with Gasteiger partial charge in [0.05, 0.1) is 32.6 Å². The van der Waals surface area contributed by atoms with Crippen molar-refractivity contribution in [1.29, 1.82) is 0 Å². The van der Waals surface area contributed by atoms with E-state index in [1.807, 2.05) is 19.1 Å². The van der Waals surface area contributed by atoms with Crippen LogP contribution in [-0.4, -0.2) is 33.8 Å². The SMILES string of the molecule is Cc1ncc(-c2ccc(S(=O)(=O)C(C)C)cc2)nc1-c1nnc(-c2ccc(CN)s2)o1.[HH].[HH].[HH]. The van der Waals surface area contributed by atoms with Gasteiger partial charge in [-0.15, -0.1) is 21.5 Å². The zero-order chi connectivity index (χ0) is 22.2. The molecule has 0 saturated carbocycles. The molecule has 0 bridgehead atoms. The Labute approximate surface area is 188 Å². The fraction of sp³-hybridized carbons (Fsp3) is 0.238. The van der Waals surface area contributed by atoms with Crippen molar-refractivity contribution >= 4 is 21.2 Å². The van der Waals surface area contributed by atoms with Crippen molar-refractivity contribution < 1.29 is 17.1 Å². The van der Waals surface area contributed by atoms with Crippen LogP contribution in [-0.2, 0) is 16.4 Å². The van der Waals surface area contributed by atoms with E-state index in [9.17, 15) is 8.42 Å². The van der Waals surface area contributed by atoms with Crippen molar-refractivity contribution in [3.8, 4) is 33.6 Å². The molecule has 0 spiro atoms. The van der Waals surface area contributed by atoms with Crippen molar-refractivity contribution in [2.45, 2.75) is 37.5 Å². The van der Waals surface area contributed by atoms with Gasteiger partial charge in [0.2, 0.25) is 0 Å². The second kappa shape index (κ2) is 8.29. The second-order valence-corrected chi connectivity index (χ2v) is 10.9. The van der Waals surface area contributed by atoms with Gasteiger partial charge in [-0.25, -0.2) is 13.4 Å². The smallest absolute Gasteiger partial charge is 0.268 e. The summed E-state index contributed by atoms with van der Waals surface area (Å²) >= 11 is 1.50. The van der Waals surface area contributed by atoms with E-state index in [1.165, 1.54) is 11.3 Å². The lowest BCUT2D eigenvalue weighted by Gasteiger charge is -2.09. The summed E-state index contributed by atoms with van der Waals surface area (Å²) < 4.78 is 30.5. The Morgan fingerprint density at radius 1 is 1.10 bits per heavy atom. The summed E-state index contributed by atoms with van der Waals surface area (Å²) in [5.41, 5.74) is 8.11. The Bertz CT molecular complexity index is 1340. The normalized spacial score (nSPS) is 11.9. The Morgan fingerprint density at radius 3 is 2.45 bits per heavy atom. The Hall–Kier alpha value is -2.95. The summed E-state index contributed by atoms with van der Waals surface area (Å²) in [6.45, 7) is 5.58. The third kappa shape index (κ3) is 4.14. The number of hydrogen-bond acceptors (Lipinski definition) is 9. The summed E-state index contributed by atoms with van der Waals surface area (Å²) in [5, 5.41) is 7.78. The van der Waals surface area contributed by atoms with Crippen molar-refractivity contribution in [3.05, 3.63) is 53.2 Å². The first-order chi connectivity index (χ1) is 14.8. The molecule has 0 atom stereocenters. The molecule has 0 fully saturated rings. The number of aromatic nitrogens is 4. The molecule has 1 aromatic carbocycles. The fourth-order valence-corrected chi connectivity index (χ4v) is 4.77. The molecule has 8 nitrogen and oxygen atoms in total. The average molecular weight is 462 g/mol. The number of hydrogen-bond donors (Lipinski definition) is 1. The van der Waals surface area contributed by atoms with Crippen molar-refractivity contribution in [1.82, 2.24) is 20.2 Å². The third-order valence-electron chi connectivity index (χ3n) is 4.76. The van der Waals surface area contributed by atoms with Gasteiger partial charge in [-0.1, -0.05) is 12.1 Å². The lowest BCUT2D eigenvalue weighted by atomic mass is 10.1. The molecule has 0 unspecified atom stereocenters. The summed E-state index contributed by atoms with van der Waals surface area (Å²) in [4.78, 5) is 11.2. The van der Waals surface area contributed by atoms with Crippen LogP contribution in [0.5, 0.6) is 0 Å². The number of sulfone groups is 1. The van der Waals surface area contributed by atoms with E-state index < -0.39 is 15.1 Å². The van der Waals surface area contributed by atoms with Gasteiger partial charge in [-0.2, -0.15) is 0 Å². The lowest BCUT2D eigenvalue weighted by Crippen LogP contribution is -2.13. The van der Waals surface area contributed by atoms with Gasteiger partial charge < -0.3 is 10.2 Å². The highest BCUT2D eigenvalue weighted by Gasteiger charge is 2.20. The first-order valence-corrected chi connectivity index (χ1v) is 12.0. The number of benzene rings is 1. The average Bonchev–Trinajstić information content (AvgIpc) is 3.43. The highest BCUT2D eigenvalue weighted by molar-refractivity contribution is 7.92. The molecule has 31 heavy (non-hydrogen) atoms. The Balaban J connectivity index is 0.00000193. The van der Waals surface area contributed by atoms with E-state index in [1.54, 1.807) is 44.3 Å². The molecular formula is C21H27N5O3S2. The third-order valence-corrected chi connectivity index (χ3v) is 8.02. The minimum atomic E-state index is -3.33. The molecule has 0 aliphatic carbocycles. The summed E-state index contributed by atoms with van der Waals surface area (Å²) in [7, 11) is -3.33. The zero-order valence-corrected chi connectivity index (χ0v) is 18.9. The van der Waals surface area contributed by atoms with Crippen LogP contribution >= 0.6 is 11.3 Å². The number of nitrogens with zero attached hydrogens (tertiary/aromatic N) is 4. The predicted molar refractivity (Wildman–Crippen MR) is 125 cm³/mol. The molecule has 166 valence electrons. The van der Waals surface area contributed by atoms with Crippen molar-refractivity contribution in [2.75, 3.05) is 0 Å². The first-order valence-electron chi connectivity index (χ1n) is 9.60. The standard InChI is InChI=1S/C21H21N5O3S2.3H2/c1-12(2)31(27,28)16-7-4-14(5-8-16)17-11-23-13(3)19(24-17)21-26-25-20(29-21)18-9-6-15(10-22)30-18;;;/h4-9,11-12H,10,22H2,1-3H3;3*1H. The van der Waals surface area contributed by atoms with Gasteiger partial charge in [-0.05, 0) is 45.0 Å². The van der Waals surface area contributed by atoms with E-state index in [2.05, 4.69) is 20.2 Å². The van der Waals surface area contributed by atoms with E-state index in [4.69, 9.17) is 10.2 Å². The first kappa shape index (κ1) is 21.3. The maximum Gasteiger partial charge on any atom is 0.268 e. The van der Waals surface area contributed by atoms with E-state index >= 15 is 0 Å². The number of aryl methyl sites for hydroxylation is 1. The summed E-state index contributed by atoms with van der Waals surface area (Å²) in [6.07, 6.45) is 1.63. The monoisotopic (exact) mass is 461 g/mol. The molecule has 0 aliphatic heterocycles. The molecule has 2 N–H and O–H groups in total. The van der Waals surface area contributed by atoms with Gasteiger partial charge in [0.1, 0.15) is 5.69 Å². The molecule has 3 aromatic heterocycles. The van der Waals surface area contributed by atoms with Crippen LogP contribution in [0.3, 0.4) is 0 Å². The van der Waals surface area contributed by atoms with Crippen LogP contribution in [0, 0.1) is 6.92 Å². The highest BCUT2D eigenvalue weighted by Crippen LogP contribution is 2.30. The van der Waals surface area contributed by atoms with Gasteiger partial charge in [0.25, 0.3) is 11.8 Å². The van der Waals surface area contributed by atoms with Crippen LogP contribution in [0.4, 0.5) is 0 Å². The molecule has 0 radical (unpaired) electrons. The van der Waals surface area contributed by atoms with E-state index in [0.717, 1.165) is 15.3 Å². The second-order valence-electron chi connectivity index (χ2n) is 7.19. The van der Waals surface area contributed by atoms with Crippen LogP contribution < -0.4 is 5.73 Å². The summed E-state index contributed by atoms with van der Waals surface area (Å²) in [5.74, 6) is 0.665. The van der Waals surface area contributed by atoms with Crippen LogP contribution in [0.25, 0.3) is 33.6 Å². The fourth-order valence-electron chi connectivity index (χ4n) is 2.90. The van der Waals surface area contributed by atoms with Gasteiger partial charge in [0, 0.05) is 21.3 Å². The van der Waals surface area contributed by atoms with Gasteiger partial charge in [-0.3, -0.25) is 4.98 Å². The minimum Gasteiger partial charge on any atom is -0.414 e. The Kier molecular flexibility index (Phi) is 5.69. The number of nitrogens with two attached hydrogens (primary N) is 1. The lowest BCUT2D eigenvalue weighted by molar-refractivity contribution is 0.582. The minimum absolute atomic E-state index is 0. The molecule has 4 aromatic rings. The molecule has 0 saturated heterocycles. The van der Waals surface area contributed by atoms with Crippen LogP contribution in [0.15, 0.2) is 51.9 Å². The van der Waals surface area contributed by atoms with Crippen LogP contribution in [0.1, 0.15) is 28.7 Å². The quantitative estimate of drug-likeness (QED) is 0.441. The molecular weight excluding hydrogens is 434 g/mol. The van der Waals surface area contributed by atoms with E-state index in [-0.39, 0.29) is 15.1 Å². The number of rotatable bonds is 6. The Morgan fingerprint density at radius 2 is 1.81 bits per heavy atom. The van der Waals surface area contributed by atoms with Crippen LogP contribution in [0.2, 0.25) is 0 Å². The maximum atomic E-state index is 12.3. The molecule has 0 aliphatic rings. The van der Waals surface area contributed by atoms with Gasteiger partial charge in [0.15, 0.2) is 9.84 Å². The van der Waals surface area contributed by atoms with E-state index in [0.29, 0.717) is 29.5 Å². The van der Waals surface area contributed by atoms with Crippen molar-refractivity contribution in [2.24, 2.45) is 5.73 Å². The predicted octanol–water partition coefficient (Wildman–Crippen LogP) is 4.61. The molecule has 4 rings (SSSR count). The summed E-state index contributed by atoms with van der Waals surface area (Å²) in [6, 6.07) is 10.4. The van der Waals surface area contributed by atoms with Crippen molar-refractivity contribution in [3.63, 3.8) is 0 Å².